The maximum atomic E-state index is 11.7. The molecular formula is C24H39N3O8. The summed E-state index contributed by atoms with van der Waals surface area (Å²) in [5.41, 5.74) is -0.784. The first kappa shape index (κ1) is 26.7. The number of ether oxygens (including phenoxy) is 4. The number of likely N-dealkylation sites (N-methyl/N-ethyl adjacent to an activating group) is 2. The van der Waals surface area contributed by atoms with Crippen molar-refractivity contribution in [3.63, 3.8) is 0 Å². The fraction of sp³-hybridized carbons (Fsp3) is 0.750. The van der Waals surface area contributed by atoms with E-state index in [1.165, 1.54) is 0 Å². The molecule has 3 fully saturated rings. The van der Waals surface area contributed by atoms with Crippen molar-refractivity contribution in [3.8, 4) is 5.75 Å². The Morgan fingerprint density at radius 2 is 1.69 bits per heavy atom. The highest BCUT2D eigenvalue weighted by molar-refractivity contribution is 5.27. The Balaban J connectivity index is 1.52. The second kappa shape index (κ2) is 10.5. The molecule has 1 saturated carbocycles. The lowest BCUT2D eigenvalue weighted by molar-refractivity contribution is -0.482. The lowest BCUT2D eigenvalue weighted by atomic mass is 9.77. The van der Waals surface area contributed by atoms with Gasteiger partial charge in [-0.15, -0.1) is 0 Å². The SMILES string of the molecule is CCOc1ccc(CNC[C@]2(O)C[C@@H](C)OC3O[C@H]4C(O[C@]32O)[C@@H](NC)[C@@H](O)[C@@H](NC)[C@@H]4O)cc1. The van der Waals surface area contributed by atoms with Gasteiger partial charge in [0.25, 0.3) is 0 Å². The van der Waals surface area contributed by atoms with Crippen molar-refractivity contribution in [1.82, 2.24) is 16.0 Å². The van der Waals surface area contributed by atoms with Gasteiger partial charge in [-0.05, 0) is 45.6 Å². The molecule has 1 aromatic rings. The van der Waals surface area contributed by atoms with Gasteiger partial charge in [0, 0.05) is 19.5 Å². The summed E-state index contributed by atoms with van der Waals surface area (Å²) < 4.78 is 23.5. The Morgan fingerprint density at radius 3 is 2.31 bits per heavy atom. The van der Waals surface area contributed by atoms with E-state index in [2.05, 4.69) is 16.0 Å². The van der Waals surface area contributed by atoms with E-state index in [9.17, 15) is 20.4 Å². The second-order valence-electron chi connectivity index (χ2n) is 9.68. The largest absolute Gasteiger partial charge is 0.494 e. The molecule has 2 aliphatic heterocycles. The Morgan fingerprint density at radius 1 is 1.00 bits per heavy atom. The van der Waals surface area contributed by atoms with E-state index in [1.807, 2.05) is 31.2 Å². The van der Waals surface area contributed by atoms with Crippen molar-refractivity contribution in [2.45, 2.75) is 87.1 Å². The van der Waals surface area contributed by atoms with Crippen LogP contribution in [0.1, 0.15) is 25.8 Å². The Hall–Kier alpha value is -1.38. The molecule has 1 aliphatic carbocycles. The lowest BCUT2D eigenvalue weighted by Gasteiger charge is -2.60. The van der Waals surface area contributed by atoms with Crippen LogP contribution in [0.4, 0.5) is 0 Å². The van der Waals surface area contributed by atoms with Crippen molar-refractivity contribution in [1.29, 1.82) is 0 Å². The molecule has 0 spiro atoms. The van der Waals surface area contributed by atoms with Crippen LogP contribution < -0.4 is 20.7 Å². The molecule has 1 aromatic carbocycles. The van der Waals surface area contributed by atoms with Gasteiger partial charge >= 0.3 is 0 Å². The Kier molecular flexibility index (Phi) is 8.04. The van der Waals surface area contributed by atoms with Gasteiger partial charge in [0.2, 0.25) is 12.1 Å². The van der Waals surface area contributed by atoms with Crippen molar-refractivity contribution in [2.75, 3.05) is 27.2 Å². The van der Waals surface area contributed by atoms with Crippen molar-refractivity contribution in [3.05, 3.63) is 29.8 Å². The molecule has 11 nitrogen and oxygen atoms in total. The molecule has 11 heteroatoms. The molecule has 0 bridgehead atoms. The monoisotopic (exact) mass is 497 g/mol. The number of hydrogen-bond acceptors (Lipinski definition) is 11. The van der Waals surface area contributed by atoms with Gasteiger partial charge in [-0.25, -0.2) is 0 Å². The molecule has 198 valence electrons. The van der Waals surface area contributed by atoms with E-state index in [0.717, 1.165) is 11.3 Å². The van der Waals surface area contributed by atoms with Crippen LogP contribution in [0.5, 0.6) is 5.75 Å². The smallest absolute Gasteiger partial charge is 0.249 e. The first-order valence-corrected chi connectivity index (χ1v) is 12.2. The van der Waals surface area contributed by atoms with Crippen LogP contribution in [-0.4, -0.2) is 108 Å². The molecule has 0 amide bonds. The minimum absolute atomic E-state index is 0.00384. The number of fused-ring (bicyclic) bond motifs is 2. The predicted octanol–water partition coefficient (Wildman–Crippen LogP) is -1.58. The van der Waals surface area contributed by atoms with Crippen LogP contribution in [0.25, 0.3) is 0 Å². The molecule has 2 saturated heterocycles. The Labute approximate surface area is 205 Å². The molecule has 0 aromatic heterocycles. The highest BCUT2D eigenvalue weighted by Crippen LogP contribution is 2.46. The molecular weight excluding hydrogens is 458 g/mol. The second-order valence-corrected chi connectivity index (χ2v) is 9.68. The van der Waals surface area contributed by atoms with E-state index in [1.54, 1.807) is 21.0 Å². The summed E-state index contributed by atoms with van der Waals surface area (Å²) in [4.78, 5) is 0. The summed E-state index contributed by atoms with van der Waals surface area (Å²) in [5.74, 6) is -1.45. The maximum absolute atomic E-state index is 11.7. The summed E-state index contributed by atoms with van der Waals surface area (Å²) in [7, 11) is 3.29. The standard InChI is InChI=1S/C24H39N3O8/c1-5-32-15-8-6-14(7-9-15)11-27-12-23(30)10-13(2)33-22-24(23,31)35-20-17(26-4)18(28)16(25-3)19(29)21(20)34-22/h6-9,13,16-22,25-31H,5,10-12H2,1-4H3/t13-,16-,17+,18+,19+,20?,21-,22?,23-,24-/m1/s1. The summed E-state index contributed by atoms with van der Waals surface area (Å²) in [6, 6.07) is 6.26. The first-order valence-electron chi connectivity index (χ1n) is 12.2. The Bertz CT molecular complexity index is 847. The third-order valence-corrected chi connectivity index (χ3v) is 7.33. The topological polar surface area (TPSA) is 154 Å². The molecule has 2 heterocycles. The van der Waals surface area contributed by atoms with Gasteiger partial charge in [0.05, 0.1) is 30.9 Å². The summed E-state index contributed by atoms with van der Waals surface area (Å²) in [6.07, 6.45) is -5.67. The van der Waals surface area contributed by atoms with Crippen LogP contribution in [0, 0.1) is 0 Å². The number of aliphatic hydroxyl groups excluding tert-OH is 2. The van der Waals surface area contributed by atoms with Gasteiger partial charge in [0.15, 0.2) is 0 Å². The maximum Gasteiger partial charge on any atom is 0.249 e. The van der Waals surface area contributed by atoms with Crippen LogP contribution >= 0.6 is 0 Å². The summed E-state index contributed by atoms with van der Waals surface area (Å²) in [6.45, 7) is 4.73. The van der Waals surface area contributed by atoms with Crippen molar-refractivity contribution < 1.29 is 39.4 Å². The van der Waals surface area contributed by atoms with Crippen LogP contribution in [0.15, 0.2) is 24.3 Å². The summed E-state index contributed by atoms with van der Waals surface area (Å²) >= 11 is 0. The van der Waals surface area contributed by atoms with E-state index in [4.69, 9.17) is 18.9 Å². The van der Waals surface area contributed by atoms with Crippen LogP contribution in [-0.2, 0) is 20.8 Å². The normalized spacial score (nSPS) is 43.3. The van der Waals surface area contributed by atoms with Gasteiger partial charge in [0.1, 0.15) is 29.7 Å². The number of nitrogens with one attached hydrogen (secondary N) is 3. The fourth-order valence-electron chi connectivity index (χ4n) is 5.51. The van der Waals surface area contributed by atoms with Gasteiger partial charge < -0.3 is 55.3 Å². The fourth-order valence-corrected chi connectivity index (χ4v) is 5.51. The van der Waals surface area contributed by atoms with E-state index >= 15 is 0 Å². The first-order chi connectivity index (χ1) is 16.7. The number of hydrogen-bond donors (Lipinski definition) is 7. The van der Waals surface area contributed by atoms with E-state index in [-0.39, 0.29) is 13.0 Å². The molecule has 3 aliphatic rings. The highest BCUT2D eigenvalue weighted by atomic mass is 16.8. The zero-order valence-electron chi connectivity index (χ0n) is 20.7. The summed E-state index contributed by atoms with van der Waals surface area (Å²) in [5, 5.41) is 54.2. The van der Waals surface area contributed by atoms with Crippen molar-refractivity contribution in [2.24, 2.45) is 0 Å². The molecule has 2 unspecified atom stereocenters. The van der Waals surface area contributed by atoms with Crippen LogP contribution in [0.2, 0.25) is 0 Å². The predicted molar refractivity (Wildman–Crippen MR) is 126 cm³/mol. The highest BCUT2D eigenvalue weighted by Gasteiger charge is 2.68. The minimum atomic E-state index is -2.23. The van der Waals surface area contributed by atoms with E-state index in [0.29, 0.717) is 13.2 Å². The van der Waals surface area contributed by atoms with Gasteiger partial charge in [-0.3, -0.25) is 0 Å². The quantitative estimate of drug-likeness (QED) is 0.223. The van der Waals surface area contributed by atoms with E-state index < -0.39 is 60.3 Å². The molecule has 4 rings (SSSR count). The van der Waals surface area contributed by atoms with Crippen LogP contribution in [0.3, 0.4) is 0 Å². The molecule has 0 radical (unpaired) electrons. The number of benzene rings is 1. The van der Waals surface area contributed by atoms with Gasteiger partial charge in [-0.1, -0.05) is 12.1 Å². The minimum Gasteiger partial charge on any atom is -0.494 e. The van der Waals surface area contributed by atoms with Gasteiger partial charge in [-0.2, -0.15) is 0 Å². The average Bonchev–Trinajstić information content (AvgIpc) is 2.81. The zero-order chi connectivity index (χ0) is 25.4. The third kappa shape index (κ3) is 4.82. The molecule has 7 N–H and O–H groups in total. The number of rotatable bonds is 8. The average molecular weight is 498 g/mol. The molecule has 35 heavy (non-hydrogen) atoms. The zero-order valence-corrected chi connectivity index (χ0v) is 20.7. The molecule has 10 atom stereocenters. The number of aliphatic hydroxyl groups is 4. The lowest BCUT2D eigenvalue weighted by Crippen LogP contribution is -2.81. The third-order valence-electron chi connectivity index (χ3n) is 7.33. The van der Waals surface area contributed by atoms with Crippen molar-refractivity contribution >= 4 is 0 Å².